The maximum absolute atomic E-state index is 12.3. The molecule has 0 radical (unpaired) electrons. The molecular weight excluding hydrogens is 280 g/mol. The molecule has 6 heteroatoms. The van der Waals surface area contributed by atoms with Gasteiger partial charge in [-0.1, -0.05) is 24.3 Å². The van der Waals surface area contributed by atoms with Crippen LogP contribution in [0.4, 0.5) is 0 Å². The van der Waals surface area contributed by atoms with Gasteiger partial charge in [-0.05, 0) is 19.4 Å². The molecule has 0 bridgehead atoms. The van der Waals surface area contributed by atoms with Gasteiger partial charge in [0.15, 0.2) is 11.5 Å². The van der Waals surface area contributed by atoms with E-state index in [1.54, 1.807) is 4.57 Å². The second kappa shape index (κ2) is 5.22. The molecule has 6 nitrogen and oxygen atoms in total. The van der Waals surface area contributed by atoms with Crippen molar-refractivity contribution in [3.8, 4) is 22.8 Å². The smallest absolute Gasteiger partial charge is 0.329 e. The summed E-state index contributed by atoms with van der Waals surface area (Å²) in [4.78, 5) is 32.5. The Morgan fingerprint density at radius 3 is 2.55 bits per heavy atom. The van der Waals surface area contributed by atoms with Crippen molar-refractivity contribution in [1.29, 1.82) is 0 Å². The van der Waals surface area contributed by atoms with Gasteiger partial charge in [0.25, 0.3) is 5.56 Å². The topological polar surface area (TPSA) is 69.8 Å². The lowest BCUT2D eigenvalue weighted by Gasteiger charge is -2.15. The molecule has 0 saturated carbocycles. The normalized spacial score (nSPS) is 11.0. The second-order valence-electron chi connectivity index (χ2n) is 5.16. The predicted molar refractivity (Wildman–Crippen MR) is 84.0 cm³/mol. The number of hydrogen-bond acceptors (Lipinski definition) is 4. The molecule has 1 aromatic rings. The molecule has 0 saturated heterocycles. The molecule has 0 atom stereocenters. The predicted octanol–water partition coefficient (Wildman–Crippen LogP) is 1.44. The molecule has 22 heavy (non-hydrogen) atoms. The first-order valence-corrected chi connectivity index (χ1v) is 7.07. The van der Waals surface area contributed by atoms with E-state index in [1.807, 2.05) is 44.3 Å². The van der Waals surface area contributed by atoms with Crippen LogP contribution in [-0.4, -0.2) is 19.1 Å². The van der Waals surface area contributed by atoms with Gasteiger partial charge in [-0.25, -0.2) is 9.78 Å². The third-order valence-corrected chi connectivity index (χ3v) is 3.75. The zero-order valence-corrected chi connectivity index (χ0v) is 12.7. The number of fused-ring (bicyclic) bond motifs is 1. The standard InChI is InChI=1S/C16H16N4O2/c1-4-20-9-12(11-8-6-5-7-10(11)2)17-13-14(20)18-16(22)19(3)15(13)21/h5-9H,4H2,1-3H3. The molecule has 0 N–H and O–H groups in total. The van der Waals surface area contributed by atoms with Crippen molar-refractivity contribution >= 4 is 0 Å². The van der Waals surface area contributed by atoms with Crippen LogP contribution in [0, 0.1) is 6.92 Å². The van der Waals surface area contributed by atoms with Crippen LogP contribution < -0.4 is 11.2 Å². The third kappa shape index (κ3) is 2.13. The minimum Gasteiger partial charge on any atom is -0.329 e. The van der Waals surface area contributed by atoms with Gasteiger partial charge in [-0.15, -0.1) is 0 Å². The monoisotopic (exact) mass is 296 g/mol. The fraction of sp³-hybridized carbons (Fsp3) is 0.250. The first-order chi connectivity index (χ1) is 10.5. The summed E-state index contributed by atoms with van der Waals surface area (Å²) in [5.74, 6) is 0.327. The zero-order valence-electron chi connectivity index (χ0n) is 12.7. The minimum atomic E-state index is -0.565. The lowest BCUT2D eigenvalue weighted by molar-refractivity contribution is 0.698. The first-order valence-electron chi connectivity index (χ1n) is 7.07. The van der Waals surface area contributed by atoms with E-state index < -0.39 is 11.2 Å². The van der Waals surface area contributed by atoms with E-state index in [4.69, 9.17) is 0 Å². The fourth-order valence-corrected chi connectivity index (χ4v) is 2.45. The zero-order chi connectivity index (χ0) is 15.9. The van der Waals surface area contributed by atoms with E-state index in [9.17, 15) is 9.59 Å². The lowest BCUT2D eigenvalue weighted by atomic mass is 10.1. The largest absolute Gasteiger partial charge is 0.352 e. The van der Waals surface area contributed by atoms with Gasteiger partial charge in [0.2, 0.25) is 0 Å². The van der Waals surface area contributed by atoms with E-state index in [1.165, 1.54) is 7.05 Å². The van der Waals surface area contributed by atoms with Crippen molar-refractivity contribution in [3.05, 3.63) is 56.9 Å². The Hall–Kier alpha value is -2.76. The molecule has 0 spiro atoms. The summed E-state index contributed by atoms with van der Waals surface area (Å²) in [7, 11) is 1.41. The molecule has 2 heterocycles. The van der Waals surface area contributed by atoms with Gasteiger partial charge in [-0.2, -0.15) is 4.98 Å². The number of rotatable bonds is 2. The van der Waals surface area contributed by atoms with E-state index in [0.29, 0.717) is 18.1 Å². The maximum atomic E-state index is 12.3. The molecule has 1 aromatic carbocycles. The van der Waals surface area contributed by atoms with E-state index in [2.05, 4.69) is 9.97 Å². The van der Waals surface area contributed by atoms with Crippen molar-refractivity contribution in [1.82, 2.24) is 19.1 Å². The van der Waals surface area contributed by atoms with Crippen LogP contribution in [0.3, 0.4) is 0 Å². The van der Waals surface area contributed by atoms with Gasteiger partial charge in [0.05, 0.1) is 5.69 Å². The molecule has 0 amide bonds. The number of hydrogen-bond donors (Lipinski definition) is 0. The number of aryl methyl sites for hydroxylation is 2. The lowest BCUT2D eigenvalue weighted by Crippen LogP contribution is -2.36. The third-order valence-electron chi connectivity index (χ3n) is 3.75. The van der Waals surface area contributed by atoms with Crippen molar-refractivity contribution in [2.24, 2.45) is 7.05 Å². The van der Waals surface area contributed by atoms with Gasteiger partial charge >= 0.3 is 5.69 Å². The van der Waals surface area contributed by atoms with Crippen molar-refractivity contribution in [2.45, 2.75) is 20.4 Å². The fourth-order valence-electron chi connectivity index (χ4n) is 2.45. The summed E-state index contributed by atoms with van der Waals surface area (Å²) in [5.41, 5.74) is 1.95. The highest BCUT2D eigenvalue weighted by Gasteiger charge is 2.19. The van der Waals surface area contributed by atoms with Gasteiger partial charge in [-0.3, -0.25) is 9.36 Å². The van der Waals surface area contributed by atoms with Crippen LogP contribution in [0.25, 0.3) is 22.8 Å². The number of nitrogens with zero attached hydrogens (tertiary/aromatic N) is 4. The molecule has 112 valence electrons. The Bertz CT molecular complexity index is 940. The SMILES string of the molecule is CCn1cc(-c2ccccc2C)nc2c(=O)n(C)c(=O)nc1-2. The Labute approximate surface area is 127 Å². The van der Waals surface area contributed by atoms with E-state index >= 15 is 0 Å². The molecule has 0 aliphatic carbocycles. The van der Waals surface area contributed by atoms with Crippen molar-refractivity contribution in [3.63, 3.8) is 0 Å². The van der Waals surface area contributed by atoms with Gasteiger partial charge < -0.3 is 4.57 Å². The Kier molecular flexibility index (Phi) is 3.36. The van der Waals surface area contributed by atoms with E-state index in [-0.39, 0.29) is 5.69 Å². The number of aromatic nitrogens is 4. The molecule has 0 aromatic heterocycles. The summed E-state index contributed by atoms with van der Waals surface area (Å²) in [6, 6.07) is 7.84. The minimum absolute atomic E-state index is 0.213. The van der Waals surface area contributed by atoms with E-state index in [0.717, 1.165) is 15.7 Å². The molecule has 2 aliphatic rings. The van der Waals surface area contributed by atoms with Crippen LogP contribution >= 0.6 is 0 Å². The number of benzene rings is 1. The first kappa shape index (κ1) is 14.2. The molecule has 0 unspecified atom stereocenters. The van der Waals surface area contributed by atoms with Crippen molar-refractivity contribution < 1.29 is 0 Å². The average Bonchev–Trinajstić information content (AvgIpc) is 2.52. The van der Waals surface area contributed by atoms with Gasteiger partial charge in [0, 0.05) is 25.4 Å². The molecule has 0 fully saturated rings. The molecule has 2 aliphatic heterocycles. The quantitative estimate of drug-likeness (QED) is 0.717. The molecule has 3 rings (SSSR count). The van der Waals surface area contributed by atoms with Crippen LogP contribution in [-0.2, 0) is 13.6 Å². The van der Waals surface area contributed by atoms with Crippen LogP contribution in [0.5, 0.6) is 0 Å². The van der Waals surface area contributed by atoms with Crippen LogP contribution in [0.15, 0.2) is 40.1 Å². The average molecular weight is 296 g/mol. The second-order valence-corrected chi connectivity index (χ2v) is 5.16. The highest BCUT2D eigenvalue weighted by atomic mass is 16.2. The Morgan fingerprint density at radius 2 is 1.86 bits per heavy atom. The Balaban J connectivity index is 2.41. The highest BCUT2D eigenvalue weighted by Crippen LogP contribution is 2.24. The van der Waals surface area contributed by atoms with Crippen LogP contribution in [0.2, 0.25) is 0 Å². The van der Waals surface area contributed by atoms with Crippen LogP contribution in [0.1, 0.15) is 12.5 Å². The summed E-state index contributed by atoms with van der Waals surface area (Å²) in [5, 5.41) is 0. The summed E-state index contributed by atoms with van der Waals surface area (Å²) >= 11 is 0. The summed E-state index contributed by atoms with van der Waals surface area (Å²) in [6.45, 7) is 4.52. The summed E-state index contributed by atoms with van der Waals surface area (Å²) in [6.07, 6.45) is 1.83. The van der Waals surface area contributed by atoms with Gasteiger partial charge in [0.1, 0.15) is 0 Å². The molecular formula is C16H16N4O2. The highest BCUT2D eigenvalue weighted by molar-refractivity contribution is 5.66. The maximum Gasteiger partial charge on any atom is 0.352 e. The van der Waals surface area contributed by atoms with Crippen molar-refractivity contribution in [2.75, 3.05) is 0 Å². The summed E-state index contributed by atoms with van der Waals surface area (Å²) < 4.78 is 2.77. The Morgan fingerprint density at radius 1 is 1.14 bits per heavy atom.